The van der Waals surface area contributed by atoms with Gasteiger partial charge in [0.25, 0.3) is 0 Å². The number of nitrogens with one attached hydrogen (secondary N) is 2. The number of hydrogen-bond donors (Lipinski definition) is 4. The minimum Gasteiger partial charge on any atom is -0.460 e. The average molecular weight is 927 g/mol. The fraction of sp³-hybridized carbons (Fsp3) is 0.391. The van der Waals surface area contributed by atoms with E-state index in [4.69, 9.17) is 20.9 Å². The first-order valence-corrected chi connectivity index (χ1v) is 23.8. The maximum atomic E-state index is 13.0. The number of thioether (sulfide) groups is 1. The van der Waals surface area contributed by atoms with Gasteiger partial charge in [0.2, 0.25) is 0 Å². The molecule has 4 aromatic heterocycles. The van der Waals surface area contributed by atoms with Gasteiger partial charge < -0.3 is 31.6 Å². The van der Waals surface area contributed by atoms with E-state index in [2.05, 4.69) is 30.8 Å². The smallest absolute Gasteiger partial charge is 0.306 e. The summed E-state index contributed by atoms with van der Waals surface area (Å²) < 4.78 is 26.2. The van der Waals surface area contributed by atoms with Crippen LogP contribution >= 0.6 is 11.8 Å². The first kappa shape index (κ1) is 50.0. The van der Waals surface area contributed by atoms with Gasteiger partial charge in [0.1, 0.15) is 32.9 Å². The Labute approximate surface area is 385 Å². The zero-order valence-corrected chi connectivity index (χ0v) is 39.6. The highest BCUT2D eigenvalue weighted by molar-refractivity contribution is 7.98. The van der Waals surface area contributed by atoms with Crippen LogP contribution in [0, 0.1) is 0 Å². The Balaban J connectivity index is 0.000000244. The number of esters is 2. The number of carbonyl (C=O) groups excluding carboxylic acids is 4. The van der Waals surface area contributed by atoms with Crippen molar-refractivity contribution < 1.29 is 32.9 Å². The number of rotatable bonds is 18. The Kier molecular flexibility index (Phi) is 17.1. The van der Waals surface area contributed by atoms with E-state index in [-0.39, 0.29) is 55.0 Å². The minimum atomic E-state index is -1.39. The molecule has 0 bridgehead atoms. The van der Waals surface area contributed by atoms with Crippen LogP contribution in [-0.2, 0) is 29.9 Å². The molecule has 3 atom stereocenters. The number of hydrogen-bond acceptors (Lipinski definition) is 16. The van der Waals surface area contributed by atoms with Crippen molar-refractivity contribution in [2.75, 3.05) is 36.2 Å². The number of ether oxygens (including phenoxy) is 2. The summed E-state index contributed by atoms with van der Waals surface area (Å²) in [4.78, 5) is 59.4. The third-order valence-corrected chi connectivity index (χ3v) is 11.0. The van der Waals surface area contributed by atoms with Gasteiger partial charge in [0, 0.05) is 67.5 Å². The number of fused-ring (bicyclic) bond motifs is 2. The molecule has 6 aromatic rings. The van der Waals surface area contributed by atoms with Gasteiger partial charge in [-0.2, -0.15) is 10.2 Å². The highest BCUT2D eigenvalue weighted by atomic mass is 32.2. The number of anilines is 2. The monoisotopic (exact) mass is 926 g/mol. The summed E-state index contributed by atoms with van der Waals surface area (Å²) in [6.45, 7) is 11.5. The fourth-order valence-electron chi connectivity index (χ4n) is 6.46. The number of aromatic nitrogens is 6. The van der Waals surface area contributed by atoms with Crippen LogP contribution in [0.4, 0.5) is 11.6 Å². The zero-order chi connectivity index (χ0) is 47.5. The van der Waals surface area contributed by atoms with Gasteiger partial charge in [-0.15, -0.1) is 11.8 Å². The van der Waals surface area contributed by atoms with E-state index in [1.165, 1.54) is 28.7 Å². The number of nitrogens with zero attached hydrogens (tertiary/aromatic N) is 6. The third-order valence-electron chi connectivity index (χ3n) is 9.45. The van der Waals surface area contributed by atoms with Crippen molar-refractivity contribution in [2.24, 2.45) is 11.5 Å². The second-order valence-electron chi connectivity index (χ2n) is 17.0. The maximum Gasteiger partial charge on any atom is 0.306 e. The van der Waals surface area contributed by atoms with Crippen molar-refractivity contribution in [2.45, 2.75) is 101 Å². The van der Waals surface area contributed by atoms with Crippen LogP contribution in [0.1, 0.15) is 99.1 Å². The molecule has 1 unspecified atom stereocenters. The first-order chi connectivity index (χ1) is 30.8. The third kappa shape index (κ3) is 14.0. The Morgan fingerprint density at radius 2 is 1.11 bits per heavy atom. The summed E-state index contributed by atoms with van der Waals surface area (Å²) in [5.41, 5.74) is 13.3. The number of ketones is 2. The highest BCUT2D eigenvalue weighted by Crippen LogP contribution is 2.25. The number of carbonyl (C=O) groups is 4. The maximum absolute atomic E-state index is 13.0. The van der Waals surface area contributed by atoms with Crippen molar-refractivity contribution >= 4 is 69.0 Å². The van der Waals surface area contributed by atoms with Gasteiger partial charge in [-0.25, -0.2) is 19.0 Å². The largest absolute Gasteiger partial charge is 0.460 e. The molecule has 0 aliphatic carbocycles. The van der Waals surface area contributed by atoms with Crippen molar-refractivity contribution in [3.8, 4) is 0 Å². The molecule has 0 amide bonds. The van der Waals surface area contributed by atoms with Crippen LogP contribution in [0.25, 0.3) is 11.3 Å². The molecule has 6 N–H and O–H groups in total. The molecule has 17 nitrogen and oxygen atoms in total. The van der Waals surface area contributed by atoms with E-state index in [9.17, 15) is 23.4 Å². The molecule has 4 heterocycles. The normalized spacial score (nSPS) is 13.0. The van der Waals surface area contributed by atoms with Crippen molar-refractivity contribution in [3.63, 3.8) is 0 Å². The molecule has 0 aliphatic rings. The van der Waals surface area contributed by atoms with Crippen molar-refractivity contribution in [1.82, 2.24) is 29.2 Å². The summed E-state index contributed by atoms with van der Waals surface area (Å²) in [6, 6.07) is 20.9. The van der Waals surface area contributed by atoms with E-state index in [0.29, 0.717) is 69.6 Å². The predicted molar refractivity (Wildman–Crippen MR) is 253 cm³/mol. The van der Waals surface area contributed by atoms with Crippen LogP contribution in [0.3, 0.4) is 0 Å². The van der Waals surface area contributed by atoms with Gasteiger partial charge in [-0.05, 0) is 60.6 Å². The quantitative estimate of drug-likeness (QED) is 0.0329. The van der Waals surface area contributed by atoms with Crippen LogP contribution in [-0.4, -0.2) is 106 Å². The van der Waals surface area contributed by atoms with Crippen LogP contribution in [0.15, 0.2) is 95.2 Å². The minimum absolute atomic E-state index is 0.141. The summed E-state index contributed by atoms with van der Waals surface area (Å²) in [7, 11) is -1.39. The Bertz CT molecular complexity index is 2620. The molecule has 19 heteroatoms. The van der Waals surface area contributed by atoms with E-state index >= 15 is 0 Å². The average Bonchev–Trinajstić information content (AvgIpc) is 3.90. The number of benzene rings is 2. The molecular weight excluding hydrogens is 869 g/mol. The molecule has 0 spiro atoms. The zero-order valence-electron chi connectivity index (χ0n) is 38.0. The summed E-state index contributed by atoms with van der Waals surface area (Å²) in [5, 5.41) is 16.3. The van der Waals surface area contributed by atoms with E-state index in [1.54, 1.807) is 53.2 Å². The summed E-state index contributed by atoms with van der Waals surface area (Å²) in [5.74, 6) is 0.0191. The molecule has 0 saturated heterocycles. The van der Waals surface area contributed by atoms with E-state index < -0.39 is 22.0 Å². The van der Waals surface area contributed by atoms with Crippen molar-refractivity contribution in [1.29, 1.82) is 0 Å². The predicted octanol–water partition coefficient (Wildman–Crippen LogP) is 6.10. The Morgan fingerprint density at radius 1 is 0.692 bits per heavy atom. The topological polar surface area (TPSA) is 240 Å². The lowest BCUT2D eigenvalue weighted by Crippen LogP contribution is -2.31. The lowest BCUT2D eigenvalue weighted by atomic mass is 10.1. The first-order valence-electron chi connectivity index (χ1n) is 21.0. The molecule has 346 valence electrons. The van der Waals surface area contributed by atoms with Gasteiger partial charge >= 0.3 is 11.9 Å². The van der Waals surface area contributed by atoms with Crippen LogP contribution in [0.2, 0.25) is 0 Å². The molecule has 0 fully saturated rings. The highest BCUT2D eigenvalue weighted by Gasteiger charge is 2.24. The molecule has 2 aromatic carbocycles. The molecule has 0 radical (unpaired) electrons. The SMILES string of the molecule is CS(=O)c1cc(N[C@H](CN)CCC(=O)OC(C)(C)C)nc2c(C(=O)c3ccccc3)cnn12.CSc1cc(N[C@H](CN)CCC(=O)OC(C)(C)C)nc2c(C(=O)c3ccccc3)cnn12. The molecule has 0 aliphatic heterocycles. The fourth-order valence-corrected chi connectivity index (χ4v) is 7.66. The second kappa shape index (κ2) is 22.3. The van der Waals surface area contributed by atoms with Gasteiger partial charge in [-0.3, -0.25) is 23.4 Å². The van der Waals surface area contributed by atoms with E-state index in [0.717, 1.165) is 5.03 Å². The van der Waals surface area contributed by atoms with Crippen LogP contribution < -0.4 is 22.1 Å². The number of nitrogens with two attached hydrogens (primary N) is 2. The second-order valence-corrected chi connectivity index (χ2v) is 19.2. The molecular formula is C46H58N10O7S2. The molecule has 6 rings (SSSR count). The van der Waals surface area contributed by atoms with Crippen molar-refractivity contribution in [3.05, 3.63) is 107 Å². The summed E-state index contributed by atoms with van der Waals surface area (Å²) in [6.07, 6.45) is 7.80. The molecule has 0 saturated carbocycles. The lowest BCUT2D eigenvalue weighted by molar-refractivity contribution is -0.156. The Morgan fingerprint density at radius 3 is 1.51 bits per heavy atom. The van der Waals surface area contributed by atoms with E-state index in [1.807, 2.05) is 78.1 Å². The van der Waals surface area contributed by atoms with Gasteiger partial charge in [0.15, 0.2) is 22.9 Å². The lowest BCUT2D eigenvalue weighted by Gasteiger charge is -2.21. The molecule has 65 heavy (non-hydrogen) atoms. The summed E-state index contributed by atoms with van der Waals surface area (Å²) >= 11 is 1.50. The standard InChI is InChI=1S/C23H29N5O4S.C23H29N5O3S/c1-23(2,3)32-20(29)11-10-16(13-24)26-18-12-19(33(4)31)28-22(27-18)17(14-25-28)21(30)15-8-6-5-7-9-15;1-23(2,3)31-20(29)11-10-16(13-24)26-18-12-19(32-4)28-22(27-18)17(14-25-28)21(30)15-8-6-5-7-9-15/h5-9,12,14,16H,10-11,13,24H2,1-4H3,(H,26,27);5-9,12,14,16H,10-11,13,24H2,1-4H3,(H,26,27)/t16-,33?;16-/m00/s1. The van der Waals surface area contributed by atoms with Crippen LogP contribution in [0.5, 0.6) is 0 Å². The Hall–Kier alpha value is -6.02. The van der Waals surface area contributed by atoms with Gasteiger partial charge in [0.05, 0.1) is 34.3 Å². The van der Waals surface area contributed by atoms with Gasteiger partial charge in [-0.1, -0.05) is 60.7 Å².